The highest BCUT2D eigenvalue weighted by Crippen LogP contribution is 2.28. The van der Waals surface area contributed by atoms with Crippen LogP contribution in [0.15, 0.2) is 60.9 Å². The van der Waals surface area contributed by atoms with Crippen LogP contribution in [-0.4, -0.2) is 65.2 Å². The van der Waals surface area contributed by atoms with Crippen molar-refractivity contribution in [1.82, 2.24) is 20.2 Å². The lowest BCUT2D eigenvalue weighted by molar-refractivity contribution is 0.488. The summed E-state index contributed by atoms with van der Waals surface area (Å²) in [5.74, 6) is 1.50. The number of aromatic amines is 1. The highest BCUT2D eigenvalue weighted by Gasteiger charge is 2.15. The summed E-state index contributed by atoms with van der Waals surface area (Å²) < 4.78 is 51.7. The maximum absolute atomic E-state index is 9.19. The first-order valence-electron chi connectivity index (χ1n) is 11.1. The molecule has 2 aromatic carbocycles. The number of anilines is 3. The summed E-state index contributed by atoms with van der Waals surface area (Å²) in [6, 6.07) is 18.3. The van der Waals surface area contributed by atoms with Gasteiger partial charge < -0.3 is 16.4 Å². The summed E-state index contributed by atoms with van der Waals surface area (Å²) in [7, 11) is -7.33. The van der Waals surface area contributed by atoms with Crippen LogP contribution in [0.2, 0.25) is 0 Å². The molecule has 13 nitrogen and oxygen atoms in total. The first kappa shape index (κ1) is 30.4. The molecule has 0 aliphatic rings. The zero-order chi connectivity index (χ0) is 28.3. The number of hydrogen-bond acceptors (Lipinski definition) is 10. The molecule has 0 aliphatic heterocycles. The van der Waals surface area contributed by atoms with Crippen LogP contribution in [0.1, 0.15) is 24.1 Å². The van der Waals surface area contributed by atoms with Crippen LogP contribution in [0.4, 0.5) is 17.3 Å². The van der Waals surface area contributed by atoms with E-state index in [9.17, 15) is 16.8 Å². The Kier molecular flexibility index (Phi) is 10.9. The summed E-state index contributed by atoms with van der Waals surface area (Å²) in [6.07, 6.45) is 3.84. The van der Waals surface area contributed by atoms with Crippen LogP contribution >= 0.6 is 0 Å². The van der Waals surface area contributed by atoms with Crippen molar-refractivity contribution in [3.05, 3.63) is 72.1 Å². The number of H-pyrrole nitrogens is 1. The second-order valence-electron chi connectivity index (χ2n) is 8.18. The Hall–Kier alpha value is -3.79. The van der Waals surface area contributed by atoms with Crippen molar-refractivity contribution in [2.75, 3.05) is 35.4 Å². The van der Waals surface area contributed by atoms with E-state index in [1.165, 1.54) is 11.1 Å². The number of nitrogens with zero attached hydrogens (tertiary/aromatic N) is 3. The molecule has 15 heteroatoms. The highest BCUT2D eigenvalue weighted by atomic mass is 32.2. The van der Waals surface area contributed by atoms with E-state index in [1.54, 1.807) is 6.33 Å². The Bertz CT molecular complexity index is 1470. The van der Waals surface area contributed by atoms with Gasteiger partial charge in [0.25, 0.3) is 20.2 Å². The third-order valence-electron chi connectivity index (χ3n) is 4.70. The van der Waals surface area contributed by atoms with Gasteiger partial charge in [0, 0.05) is 18.3 Å². The Balaban J connectivity index is 0.000000435. The quantitative estimate of drug-likeness (QED) is 0.141. The molecule has 0 spiro atoms. The SMILES string of the molecule is CS(=O)(=O)O.CS(=O)(=O)O.C[C@H](Nc1ncnc2[nH]nc(NCCc3ccc(N)cc3)c12)c1ccccc1. The molecule has 2 aromatic heterocycles. The van der Waals surface area contributed by atoms with Gasteiger partial charge in [0.15, 0.2) is 11.5 Å². The van der Waals surface area contributed by atoms with E-state index in [1.807, 2.05) is 42.5 Å². The molecular formula is C23H31N7O6S2. The molecule has 0 saturated heterocycles. The number of fused-ring (bicyclic) bond motifs is 1. The molecule has 0 saturated carbocycles. The maximum Gasteiger partial charge on any atom is 0.261 e. The van der Waals surface area contributed by atoms with Gasteiger partial charge in [0.2, 0.25) is 0 Å². The van der Waals surface area contributed by atoms with Gasteiger partial charge in [-0.05, 0) is 36.6 Å². The Morgan fingerprint density at radius 3 is 2.08 bits per heavy atom. The number of rotatable bonds is 7. The van der Waals surface area contributed by atoms with Crippen molar-refractivity contribution in [1.29, 1.82) is 0 Å². The lowest BCUT2D eigenvalue weighted by atomic mass is 10.1. The fourth-order valence-corrected chi connectivity index (χ4v) is 3.14. The summed E-state index contributed by atoms with van der Waals surface area (Å²) in [6.45, 7) is 2.85. The predicted molar refractivity (Wildman–Crippen MR) is 148 cm³/mol. The van der Waals surface area contributed by atoms with Gasteiger partial charge >= 0.3 is 0 Å². The van der Waals surface area contributed by atoms with Gasteiger partial charge in [-0.1, -0.05) is 42.5 Å². The van der Waals surface area contributed by atoms with E-state index in [0.29, 0.717) is 18.2 Å². The first-order chi connectivity index (χ1) is 17.7. The molecule has 0 amide bonds. The molecule has 0 bridgehead atoms. The van der Waals surface area contributed by atoms with Crippen LogP contribution in [0.3, 0.4) is 0 Å². The number of aromatic nitrogens is 4. The highest BCUT2D eigenvalue weighted by molar-refractivity contribution is 7.85. The number of nitrogen functional groups attached to an aromatic ring is 1. The van der Waals surface area contributed by atoms with Crippen molar-refractivity contribution in [2.24, 2.45) is 0 Å². The van der Waals surface area contributed by atoms with Gasteiger partial charge in [0.1, 0.15) is 17.5 Å². The molecule has 38 heavy (non-hydrogen) atoms. The van der Waals surface area contributed by atoms with E-state index in [-0.39, 0.29) is 6.04 Å². The van der Waals surface area contributed by atoms with Crippen molar-refractivity contribution >= 4 is 48.6 Å². The molecule has 0 unspecified atom stereocenters. The van der Waals surface area contributed by atoms with Gasteiger partial charge in [-0.25, -0.2) is 9.97 Å². The summed E-state index contributed by atoms with van der Waals surface area (Å²) in [4.78, 5) is 8.74. The standard InChI is InChI=1S/C21H23N7.2CH4O3S/c1-14(16-5-3-2-4-6-16)26-19-18-20(27-28-21(18)25-13-24-19)23-12-11-15-7-9-17(22)10-8-15;2*1-5(2,3)4/h2-10,13-14H,11-12,22H2,1H3,(H3,23,24,25,26,27,28);2*1H3,(H,2,3,4)/t14-;;/m0../s1. The van der Waals surface area contributed by atoms with E-state index < -0.39 is 20.2 Å². The molecular weight excluding hydrogens is 534 g/mol. The van der Waals surface area contributed by atoms with E-state index in [2.05, 4.69) is 49.9 Å². The van der Waals surface area contributed by atoms with Crippen molar-refractivity contribution in [3.63, 3.8) is 0 Å². The molecule has 0 radical (unpaired) electrons. The number of hydrogen-bond donors (Lipinski definition) is 6. The van der Waals surface area contributed by atoms with Crippen LogP contribution in [0.25, 0.3) is 11.0 Å². The van der Waals surface area contributed by atoms with E-state index in [4.69, 9.17) is 14.8 Å². The van der Waals surface area contributed by atoms with Crippen LogP contribution < -0.4 is 16.4 Å². The molecule has 0 aliphatic carbocycles. The van der Waals surface area contributed by atoms with Crippen molar-refractivity contribution < 1.29 is 25.9 Å². The average Bonchev–Trinajstić information content (AvgIpc) is 3.23. The minimum atomic E-state index is -3.67. The van der Waals surface area contributed by atoms with E-state index in [0.717, 1.165) is 35.7 Å². The second-order valence-corrected chi connectivity index (χ2v) is 11.1. The van der Waals surface area contributed by atoms with Crippen LogP contribution in [-0.2, 0) is 26.7 Å². The second kappa shape index (κ2) is 13.7. The molecule has 0 fully saturated rings. The van der Waals surface area contributed by atoms with E-state index >= 15 is 0 Å². The minimum Gasteiger partial charge on any atom is -0.399 e. The summed E-state index contributed by atoms with van der Waals surface area (Å²) in [5.41, 5.74) is 9.62. The van der Waals surface area contributed by atoms with Gasteiger partial charge in [-0.3, -0.25) is 14.2 Å². The third-order valence-corrected chi connectivity index (χ3v) is 4.70. The number of nitrogens with one attached hydrogen (secondary N) is 3. The van der Waals surface area contributed by atoms with Crippen molar-refractivity contribution in [3.8, 4) is 0 Å². The van der Waals surface area contributed by atoms with Gasteiger partial charge in [-0.2, -0.15) is 21.9 Å². The lowest BCUT2D eigenvalue weighted by Crippen LogP contribution is -2.10. The summed E-state index contributed by atoms with van der Waals surface area (Å²) >= 11 is 0. The Morgan fingerprint density at radius 2 is 1.50 bits per heavy atom. The first-order valence-corrected chi connectivity index (χ1v) is 14.8. The third kappa shape index (κ3) is 12.0. The topological polar surface area (TPSA) is 213 Å². The van der Waals surface area contributed by atoms with Gasteiger partial charge in [0.05, 0.1) is 12.5 Å². The Morgan fingerprint density at radius 1 is 0.921 bits per heavy atom. The molecule has 4 aromatic rings. The van der Waals surface area contributed by atoms with Crippen LogP contribution in [0, 0.1) is 0 Å². The smallest absolute Gasteiger partial charge is 0.261 e. The fraction of sp³-hybridized carbons (Fsp3) is 0.261. The monoisotopic (exact) mass is 565 g/mol. The largest absolute Gasteiger partial charge is 0.399 e. The fourth-order valence-electron chi connectivity index (χ4n) is 3.14. The predicted octanol–water partition coefficient (Wildman–Crippen LogP) is 2.77. The Labute approximate surface area is 221 Å². The van der Waals surface area contributed by atoms with Gasteiger partial charge in [-0.15, -0.1) is 0 Å². The van der Waals surface area contributed by atoms with Crippen molar-refractivity contribution in [2.45, 2.75) is 19.4 Å². The maximum atomic E-state index is 9.19. The normalized spacial score (nSPS) is 11.9. The average molecular weight is 566 g/mol. The summed E-state index contributed by atoms with van der Waals surface area (Å²) in [5, 5.41) is 15.1. The minimum absolute atomic E-state index is 0.108. The molecule has 206 valence electrons. The molecule has 1 atom stereocenters. The molecule has 7 N–H and O–H groups in total. The zero-order valence-corrected chi connectivity index (χ0v) is 22.7. The molecule has 2 heterocycles. The lowest BCUT2D eigenvalue weighted by Gasteiger charge is -2.15. The number of nitrogens with two attached hydrogens (primary N) is 1. The molecule has 4 rings (SSSR count). The van der Waals surface area contributed by atoms with Crippen LogP contribution in [0.5, 0.6) is 0 Å². The number of benzene rings is 2. The zero-order valence-electron chi connectivity index (χ0n) is 21.0.